The number of carbonyl (C=O) groups is 1. The molecule has 4 heteroatoms. The highest BCUT2D eigenvalue weighted by Gasteiger charge is 2.32. The van der Waals surface area contributed by atoms with Crippen molar-refractivity contribution in [2.75, 3.05) is 19.0 Å². The van der Waals surface area contributed by atoms with Gasteiger partial charge < -0.3 is 10.0 Å². The molecule has 0 radical (unpaired) electrons. The van der Waals surface area contributed by atoms with Gasteiger partial charge in [-0.1, -0.05) is 0 Å². The Morgan fingerprint density at radius 2 is 2.25 bits per heavy atom. The van der Waals surface area contributed by atoms with Gasteiger partial charge in [0.15, 0.2) is 0 Å². The van der Waals surface area contributed by atoms with E-state index in [1.54, 1.807) is 0 Å². The number of nitrogens with zero attached hydrogens (tertiary/aromatic N) is 1. The Kier molecular flexibility index (Phi) is 5.06. The number of alkyl halides is 1. The molecule has 1 amide bonds. The summed E-state index contributed by atoms with van der Waals surface area (Å²) in [7, 11) is 0. The third-order valence-electron chi connectivity index (χ3n) is 3.30. The van der Waals surface area contributed by atoms with Gasteiger partial charge in [-0.15, -0.1) is 11.6 Å². The zero-order chi connectivity index (χ0) is 12.2. The third-order valence-corrected chi connectivity index (χ3v) is 3.56. The van der Waals surface area contributed by atoms with E-state index in [1.165, 1.54) is 0 Å². The first-order valence-electron chi connectivity index (χ1n) is 6.01. The fourth-order valence-electron chi connectivity index (χ4n) is 2.16. The molecule has 1 unspecified atom stereocenters. The zero-order valence-electron chi connectivity index (χ0n) is 10.2. The van der Waals surface area contributed by atoms with Crippen LogP contribution < -0.4 is 0 Å². The number of hydrogen-bond acceptors (Lipinski definition) is 2. The molecule has 94 valence electrons. The highest BCUT2D eigenvalue weighted by Crippen LogP contribution is 2.27. The zero-order valence-corrected chi connectivity index (χ0v) is 11.0. The molecule has 1 heterocycles. The molecule has 0 spiro atoms. The average molecular weight is 248 g/mol. The van der Waals surface area contributed by atoms with Crippen molar-refractivity contribution in [3.63, 3.8) is 0 Å². The minimum absolute atomic E-state index is 0.176. The summed E-state index contributed by atoms with van der Waals surface area (Å²) in [6, 6.07) is 0. The summed E-state index contributed by atoms with van der Waals surface area (Å²) in [5.74, 6) is 0.907. The molecule has 1 fully saturated rings. The van der Waals surface area contributed by atoms with Crippen LogP contribution in [-0.4, -0.2) is 40.5 Å². The predicted octanol–water partition coefficient (Wildman–Crippen LogP) is 2.01. The van der Waals surface area contributed by atoms with Crippen molar-refractivity contribution >= 4 is 17.5 Å². The van der Waals surface area contributed by atoms with Crippen molar-refractivity contribution in [1.82, 2.24) is 4.90 Å². The SMILES string of the molecule is CC(C)(O)C1CCCN(C(=O)CCCCl)C1. The third kappa shape index (κ3) is 3.95. The summed E-state index contributed by atoms with van der Waals surface area (Å²) in [6.45, 7) is 5.16. The van der Waals surface area contributed by atoms with Crippen LogP contribution in [0.15, 0.2) is 0 Å². The first-order chi connectivity index (χ1) is 7.45. The molecule has 0 saturated carbocycles. The van der Waals surface area contributed by atoms with Gasteiger partial charge in [0.05, 0.1) is 5.60 Å². The van der Waals surface area contributed by atoms with Gasteiger partial charge in [0.2, 0.25) is 5.91 Å². The van der Waals surface area contributed by atoms with E-state index in [-0.39, 0.29) is 11.8 Å². The molecule has 0 bridgehead atoms. The molecular formula is C12H22ClNO2. The predicted molar refractivity (Wildman–Crippen MR) is 65.6 cm³/mol. The van der Waals surface area contributed by atoms with E-state index in [9.17, 15) is 9.90 Å². The van der Waals surface area contributed by atoms with Crippen LogP contribution >= 0.6 is 11.6 Å². The Morgan fingerprint density at radius 1 is 1.56 bits per heavy atom. The summed E-state index contributed by atoms with van der Waals surface area (Å²) in [4.78, 5) is 13.7. The maximum absolute atomic E-state index is 11.8. The monoisotopic (exact) mass is 247 g/mol. The van der Waals surface area contributed by atoms with Crippen LogP contribution in [0.3, 0.4) is 0 Å². The summed E-state index contributed by atoms with van der Waals surface area (Å²) >= 11 is 5.58. The van der Waals surface area contributed by atoms with Crippen LogP contribution in [0.25, 0.3) is 0 Å². The molecule has 0 aromatic heterocycles. The number of rotatable bonds is 4. The number of aliphatic hydroxyl groups is 1. The maximum Gasteiger partial charge on any atom is 0.222 e. The Balaban J connectivity index is 2.47. The van der Waals surface area contributed by atoms with Crippen molar-refractivity contribution in [1.29, 1.82) is 0 Å². The second-order valence-electron chi connectivity index (χ2n) is 5.13. The first-order valence-corrected chi connectivity index (χ1v) is 6.54. The lowest BCUT2D eigenvalue weighted by Crippen LogP contribution is -2.46. The van der Waals surface area contributed by atoms with Gasteiger partial charge in [-0.25, -0.2) is 0 Å². The van der Waals surface area contributed by atoms with Crippen molar-refractivity contribution < 1.29 is 9.90 Å². The molecule has 1 rings (SSSR count). The molecule has 0 aromatic carbocycles. The Hall–Kier alpha value is -0.280. The standard InChI is InChI=1S/C12H22ClNO2/c1-12(2,16)10-5-4-8-14(9-10)11(15)6-3-7-13/h10,16H,3-9H2,1-2H3. The van der Waals surface area contributed by atoms with Gasteiger partial charge in [0, 0.05) is 31.3 Å². The van der Waals surface area contributed by atoms with Crippen LogP contribution in [0.4, 0.5) is 0 Å². The van der Waals surface area contributed by atoms with E-state index in [0.717, 1.165) is 25.8 Å². The number of hydrogen-bond donors (Lipinski definition) is 1. The number of carbonyl (C=O) groups excluding carboxylic acids is 1. The van der Waals surface area contributed by atoms with Gasteiger partial charge >= 0.3 is 0 Å². The fourth-order valence-corrected chi connectivity index (χ4v) is 2.29. The van der Waals surface area contributed by atoms with E-state index in [4.69, 9.17) is 11.6 Å². The van der Waals surface area contributed by atoms with Crippen molar-refractivity contribution in [3.05, 3.63) is 0 Å². The van der Waals surface area contributed by atoms with E-state index < -0.39 is 5.60 Å². The fraction of sp³-hybridized carbons (Fsp3) is 0.917. The summed E-state index contributed by atoms with van der Waals surface area (Å²) in [6.07, 6.45) is 3.26. The van der Waals surface area contributed by atoms with E-state index in [2.05, 4.69) is 0 Å². The van der Waals surface area contributed by atoms with Crippen molar-refractivity contribution in [2.45, 2.75) is 45.1 Å². The molecule has 1 aliphatic rings. The summed E-state index contributed by atoms with van der Waals surface area (Å²) in [5.41, 5.74) is -0.689. The lowest BCUT2D eigenvalue weighted by atomic mass is 9.84. The van der Waals surface area contributed by atoms with Crippen molar-refractivity contribution in [2.24, 2.45) is 5.92 Å². The van der Waals surface area contributed by atoms with Crippen LogP contribution in [0.2, 0.25) is 0 Å². The molecule has 1 atom stereocenters. The molecule has 0 aromatic rings. The van der Waals surface area contributed by atoms with Crippen LogP contribution in [0.5, 0.6) is 0 Å². The Bertz CT molecular complexity index is 238. The molecule has 3 nitrogen and oxygen atoms in total. The van der Waals surface area contributed by atoms with Crippen LogP contribution in [-0.2, 0) is 4.79 Å². The molecule has 16 heavy (non-hydrogen) atoms. The van der Waals surface area contributed by atoms with Gasteiger partial charge in [0.1, 0.15) is 0 Å². The average Bonchev–Trinajstić information content (AvgIpc) is 2.25. The largest absolute Gasteiger partial charge is 0.390 e. The minimum Gasteiger partial charge on any atom is -0.390 e. The normalized spacial score (nSPS) is 22.2. The Labute approximate surface area is 103 Å². The molecule has 1 N–H and O–H groups in total. The van der Waals surface area contributed by atoms with Gasteiger partial charge in [-0.3, -0.25) is 4.79 Å². The number of likely N-dealkylation sites (tertiary alicyclic amines) is 1. The molecule has 1 aliphatic heterocycles. The summed E-state index contributed by atoms with van der Waals surface area (Å²) < 4.78 is 0. The summed E-state index contributed by atoms with van der Waals surface area (Å²) in [5, 5.41) is 9.96. The second kappa shape index (κ2) is 5.87. The van der Waals surface area contributed by atoms with Crippen LogP contribution in [0.1, 0.15) is 39.5 Å². The number of piperidine rings is 1. The number of amides is 1. The van der Waals surface area contributed by atoms with Gasteiger partial charge in [-0.05, 0) is 33.1 Å². The maximum atomic E-state index is 11.8. The van der Waals surface area contributed by atoms with E-state index in [0.29, 0.717) is 18.8 Å². The quantitative estimate of drug-likeness (QED) is 0.773. The highest BCUT2D eigenvalue weighted by atomic mass is 35.5. The van der Waals surface area contributed by atoms with Crippen LogP contribution in [0, 0.1) is 5.92 Å². The first kappa shape index (κ1) is 13.8. The topological polar surface area (TPSA) is 40.5 Å². The van der Waals surface area contributed by atoms with Crippen molar-refractivity contribution in [3.8, 4) is 0 Å². The van der Waals surface area contributed by atoms with Gasteiger partial charge in [-0.2, -0.15) is 0 Å². The smallest absolute Gasteiger partial charge is 0.222 e. The van der Waals surface area contributed by atoms with Gasteiger partial charge in [0.25, 0.3) is 0 Å². The lowest BCUT2D eigenvalue weighted by Gasteiger charge is -2.38. The second-order valence-corrected chi connectivity index (χ2v) is 5.50. The molecular weight excluding hydrogens is 226 g/mol. The minimum atomic E-state index is -0.689. The van der Waals surface area contributed by atoms with E-state index in [1.807, 2.05) is 18.7 Å². The lowest BCUT2D eigenvalue weighted by molar-refractivity contribution is -0.135. The Morgan fingerprint density at radius 3 is 2.81 bits per heavy atom. The molecule has 0 aliphatic carbocycles. The van der Waals surface area contributed by atoms with E-state index >= 15 is 0 Å². The highest BCUT2D eigenvalue weighted by molar-refractivity contribution is 6.17. The molecule has 1 saturated heterocycles. The number of halogens is 1.